The van der Waals surface area contributed by atoms with Crippen molar-refractivity contribution < 1.29 is 22.7 Å². The molecule has 11 nitrogen and oxygen atoms in total. The van der Waals surface area contributed by atoms with Gasteiger partial charge in [0.2, 0.25) is 5.75 Å². The molecule has 1 aromatic heterocycles. The number of benzene rings is 2. The highest BCUT2D eigenvalue weighted by molar-refractivity contribution is 7.92. The average Bonchev–Trinajstić information content (AvgIpc) is 3.18. The second-order valence-electron chi connectivity index (χ2n) is 9.40. The summed E-state index contributed by atoms with van der Waals surface area (Å²) >= 11 is 0. The number of likely N-dealkylation sites (tertiary alicyclic amines) is 1. The Labute approximate surface area is 227 Å². The molecule has 0 atom stereocenters. The Kier molecular flexibility index (Phi) is 7.49. The fraction of sp³-hybridized carbons (Fsp3) is 0.333. The summed E-state index contributed by atoms with van der Waals surface area (Å²) in [6.45, 7) is 4.43. The summed E-state index contributed by atoms with van der Waals surface area (Å²) in [7, 11) is -1.25. The number of carbonyl (C=O) groups is 1. The molecule has 0 spiro atoms. The first-order chi connectivity index (χ1) is 18.8. The molecule has 204 valence electrons. The molecule has 0 radical (unpaired) electrons. The van der Waals surface area contributed by atoms with Crippen LogP contribution in [0.3, 0.4) is 0 Å². The van der Waals surface area contributed by atoms with Crippen LogP contribution in [0, 0.1) is 6.92 Å². The van der Waals surface area contributed by atoms with Crippen molar-refractivity contribution in [1.29, 1.82) is 0 Å². The van der Waals surface area contributed by atoms with E-state index in [0.29, 0.717) is 18.1 Å². The third-order valence-electron chi connectivity index (χ3n) is 6.72. The summed E-state index contributed by atoms with van der Waals surface area (Å²) in [6.07, 6.45) is 4.65. The number of sulfonamides is 1. The van der Waals surface area contributed by atoms with E-state index < -0.39 is 10.0 Å². The van der Waals surface area contributed by atoms with Crippen LogP contribution in [0.2, 0.25) is 0 Å². The van der Waals surface area contributed by atoms with Crippen LogP contribution in [0.1, 0.15) is 30.4 Å². The Bertz CT molecular complexity index is 1520. The number of aryl methyl sites for hydroxylation is 1. The van der Waals surface area contributed by atoms with Crippen LogP contribution in [0.15, 0.2) is 58.7 Å². The fourth-order valence-corrected chi connectivity index (χ4v) is 5.76. The number of anilines is 2. The minimum absolute atomic E-state index is 0.00759. The van der Waals surface area contributed by atoms with E-state index in [1.807, 2.05) is 25.1 Å². The lowest BCUT2D eigenvalue weighted by molar-refractivity contribution is -0.112. The van der Waals surface area contributed by atoms with Crippen LogP contribution in [0.25, 0.3) is 0 Å². The van der Waals surface area contributed by atoms with Gasteiger partial charge in [-0.2, -0.15) is 4.98 Å². The maximum atomic E-state index is 13.5. The molecule has 1 fully saturated rings. The number of nitrogens with zero attached hydrogens (tertiary/aromatic N) is 5. The molecule has 1 saturated heterocycles. The van der Waals surface area contributed by atoms with Crippen molar-refractivity contribution in [3.05, 3.63) is 59.9 Å². The average molecular weight is 551 g/mol. The van der Waals surface area contributed by atoms with Gasteiger partial charge in [-0.25, -0.2) is 18.4 Å². The number of nitrogens with one attached hydrogen (secondary N) is 1. The van der Waals surface area contributed by atoms with Gasteiger partial charge in [0, 0.05) is 5.56 Å². The van der Waals surface area contributed by atoms with E-state index in [4.69, 9.17) is 9.47 Å². The first kappa shape index (κ1) is 26.6. The number of amides is 1. The number of methoxy groups -OCH3 is 2. The van der Waals surface area contributed by atoms with Gasteiger partial charge in [0.15, 0.2) is 5.82 Å². The maximum absolute atomic E-state index is 13.5. The summed E-state index contributed by atoms with van der Waals surface area (Å²) in [5.41, 5.74) is 3.45. The molecular formula is C27H30N6O5S. The van der Waals surface area contributed by atoms with Crippen LogP contribution in [-0.4, -0.2) is 68.9 Å². The minimum atomic E-state index is -4.01. The Hall–Kier alpha value is -4.03. The van der Waals surface area contributed by atoms with Gasteiger partial charge in [-0.15, -0.1) is 0 Å². The predicted octanol–water partition coefficient (Wildman–Crippen LogP) is 3.51. The molecule has 0 aliphatic carbocycles. The van der Waals surface area contributed by atoms with E-state index in [-0.39, 0.29) is 28.3 Å². The first-order valence-corrected chi connectivity index (χ1v) is 14.1. The number of hydrogen-bond donors (Lipinski definition) is 1. The number of piperidine rings is 1. The fourth-order valence-electron chi connectivity index (χ4n) is 4.75. The zero-order chi connectivity index (χ0) is 27.6. The highest BCUT2D eigenvalue weighted by atomic mass is 32.2. The lowest BCUT2D eigenvalue weighted by atomic mass is 10.1. The molecule has 1 amide bonds. The molecule has 39 heavy (non-hydrogen) atoms. The number of aromatic nitrogens is 2. The van der Waals surface area contributed by atoms with Gasteiger partial charge in [0.05, 0.1) is 37.2 Å². The lowest BCUT2D eigenvalue weighted by Crippen LogP contribution is -2.43. The van der Waals surface area contributed by atoms with Gasteiger partial charge in [0.25, 0.3) is 21.8 Å². The molecular weight excluding hydrogens is 520 g/mol. The summed E-state index contributed by atoms with van der Waals surface area (Å²) in [6, 6.07) is 11.9. The second kappa shape index (κ2) is 11.0. The third-order valence-corrected chi connectivity index (χ3v) is 8.08. The van der Waals surface area contributed by atoms with Gasteiger partial charge >= 0.3 is 0 Å². The summed E-state index contributed by atoms with van der Waals surface area (Å²) in [5, 5.41) is 0. The van der Waals surface area contributed by atoms with Crippen molar-refractivity contribution in [3.8, 4) is 11.6 Å². The van der Waals surface area contributed by atoms with E-state index in [2.05, 4.69) is 24.6 Å². The number of hydrogen-bond acceptors (Lipinski definition) is 9. The van der Waals surface area contributed by atoms with E-state index >= 15 is 0 Å². The SMILES string of the molecule is COc1ncnc(NS(=O)(=O)c2ccc(N=C3C(=O)N(CN4CCCCC4)c4ccc(C)cc43)cc2)c1OC. The topological polar surface area (TPSA) is 126 Å². The number of aliphatic imine (C=N–C) groups is 1. The number of rotatable bonds is 8. The smallest absolute Gasteiger partial charge is 0.278 e. The van der Waals surface area contributed by atoms with Crippen molar-refractivity contribution in [2.24, 2.45) is 4.99 Å². The molecule has 0 saturated carbocycles. The molecule has 3 heterocycles. The third kappa shape index (κ3) is 5.43. The first-order valence-electron chi connectivity index (χ1n) is 12.6. The molecule has 2 aliphatic rings. The Morgan fingerprint density at radius 2 is 1.74 bits per heavy atom. The second-order valence-corrected chi connectivity index (χ2v) is 11.1. The van der Waals surface area contributed by atoms with Crippen LogP contribution in [-0.2, 0) is 14.8 Å². The van der Waals surface area contributed by atoms with Crippen molar-refractivity contribution in [1.82, 2.24) is 14.9 Å². The van der Waals surface area contributed by atoms with Crippen molar-refractivity contribution in [2.75, 3.05) is 43.6 Å². The molecule has 3 aromatic rings. The zero-order valence-corrected chi connectivity index (χ0v) is 22.9. The molecule has 2 aromatic carbocycles. The molecule has 2 aliphatic heterocycles. The summed E-state index contributed by atoms with van der Waals surface area (Å²) < 4.78 is 38.8. The van der Waals surface area contributed by atoms with Gasteiger partial charge in [0.1, 0.15) is 12.0 Å². The zero-order valence-electron chi connectivity index (χ0n) is 22.0. The largest absolute Gasteiger partial charge is 0.489 e. The predicted molar refractivity (Wildman–Crippen MR) is 148 cm³/mol. The summed E-state index contributed by atoms with van der Waals surface area (Å²) in [5.74, 6) is -0.0489. The van der Waals surface area contributed by atoms with Crippen LogP contribution < -0.4 is 19.1 Å². The molecule has 5 rings (SSSR count). The monoisotopic (exact) mass is 550 g/mol. The van der Waals surface area contributed by atoms with Crippen LogP contribution in [0.4, 0.5) is 17.2 Å². The van der Waals surface area contributed by atoms with Gasteiger partial charge < -0.3 is 9.47 Å². The quantitative estimate of drug-likeness (QED) is 0.452. The van der Waals surface area contributed by atoms with Crippen molar-refractivity contribution in [2.45, 2.75) is 31.1 Å². The molecule has 12 heteroatoms. The van der Waals surface area contributed by atoms with Gasteiger partial charge in [-0.05, 0) is 69.3 Å². The highest BCUT2D eigenvalue weighted by Crippen LogP contribution is 2.34. The molecule has 0 bridgehead atoms. The number of ether oxygens (including phenoxy) is 2. The van der Waals surface area contributed by atoms with Crippen LogP contribution >= 0.6 is 0 Å². The minimum Gasteiger partial charge on any atom is -0.489 e. The van der Waals surface area contributed by atoms with E-state index in [9.17, 15) is 13.2 Å². The highest BCUT2D eigenvalue weighted by Gasteiger charge is 2.35. The maximum Gasteiger partial charge on any atom is 0.278 e. The number of carbonyl (C=O) groups excluding carboxylic acids is 1. The molecule has 1 N–H and O–H groups in total. The van der Waals surface area contributed by atoms with Crippen molar-refractivity contribution >= 4 is 38.8 Å². The Morgan fingerprint density at radius 1 is 1.00 bits per heavy atom. The Balaban J connectivity index is 1.41. The molecule has 0 unspecified atom stereocenters. The van der Waals surface area contributed by atoms with E-state index in [1.54, 1.807) is 17.0 Å². The van der Waals surface area contributed by atoms with E-state index in [1.165, 1.54) is 39.1 Å². The Morgan fingerprint density at radius 3 is 2.44 bits per heavy atom. The van der Waals surface area contributed by atoms with Gasteiger partial charge in [-0.3, -0.25) is 19.3 Å². The van der Waals surface area contributed by atoms with Crippen molar-refractivity contribution in [3.63, 3.8) is 0 Å². The summed E-state index contributed by atoms with van der Waals surface area (Å²) in [4.78, 5) is 30.1. The normalized spacial score (nSPS) is 16.8. The van der Waals surface area contributed by atoms with Crippen LogP contribution in [0.5, 0.6) is 11.6 Å². The standard InChI is InChI=1S/C27H30N6O5S/c1-18-7-12-22-21(15-18)23(27(34)33(22)17-32-13-5-4-6-14-32)30-19-8-10-20(11-9-19)39(35,36)31-25-24(37-2)26(38-3)29-16-28-25/h7-12,15-16H,4-6,13-14,17H2,1-3H3,(H,28,29,31). The van der Waals surface area contributed by atoms with Gasteiger partial charge in [-0.1, -0.05) is 18.1 Å². The lowest BCUT2D eigenvalue weighted by Gasteiger charge is -2.30. The van der Waals surface area contributed by atoms with E-state index in [0.717, 1.165) is 42.7 Å². The number of fused-ring (bicyclic) bond motifs is 1.